The summed E-state index contributed by atoms with van der Waals surface area (Å²) < 4.78 is 17.2. The monoisotopic (exact) mass is 328 g/mol. The number of pyridine rings is 1. The summed E-state index contributed by atoms with van der Waals surface area (Å²) in [7, 11) is 0. The first-order chi connectivity index (χ1) is 11.7. The van der Waals surface area contributed by atoms with E-state index in [0.29, 0.717) is 25.3 Å². The van der Waals surface area contributed by atoms with Gasteiger partial charge in [0.15, 0.2) is 0 Å². The molecule has 6 nitrogen and oxygen atoms in total. The lowest BCUT2D eigenvalue weighted by molar-refractivity contribution is -0.130. The van der Waals surface area contributed by atoms with Crippen molar-refractivity contribution < 1.29 is 18.7 Å². The van der Waals surface area contributed by atoms with E-state index in [4.69, 9.17) is 13.9 Å². The van der Waals surface area contributed by atoms with Crippen LogP contribution in [-0.2, 0) is 16.0 Å². The molecule has 0 unspecified atom stereocenters. The summed E-state index contributed by atoms with van der Waals surface area (Å²) in [5.74, 6) is 1.54. The fraction of sp³-hybridized carbons (Fsp3) is 0.444. The molecular weight excluding hydrogens is 308 g/mol. The zero-order valence-electron chi connectivity index (χ0n) is 13.4. The third-order valence-corrected chi connectivity index (χ3v) is 4.69. The second kappa shape index (κ2) is 6.28. The fourth-order valence-corrected chi connectivity index (χ4v) is 3.50. The van der Waals surface area contributed by atoms with Gasteiger partial charge in [0, 0.05) is 25.7 Å². The van der Waals surface area contributed by atoms with Crippen molar-refractivity contribution in [3.8, 4) is 5.75 Å². The summed E-state index contributed by atoms with van der Waals surface area (Å²) in [5.41, 5.74) is -0.272. The molecule has 0 aliphatic carbocycles. The molecule has 0 saturated carbocycles. The van der Waals surface area contributed by atoms with Crippen LogP contribution in [0.2, 0.25) is 0 Å². The number of carbonyl (C=O) groups excluding carboxylic acids is 1. The largest absolute Gasteiger partial charge is 0.486 e. The van der Waals surface area contributed by atoms with E-state index in [2.05, 4.69) is 4.98 Å². The molecule has 2 fully saturated rings. The summed E-state index contributed by atoms with van der Waals surface area (Å²) in [6.45, 7) is 1.90. The third-order valence-electron chi connectivity index (χ3n) is 4.69. The van der Waals surface area contributed by atoms with Crippen molar-refractivity contribution in [2.45, 2.75) is 31.0 Å². The van der Waals surface area contributed by atoms with Crippen LogP contribution in [0.15, 0.2) is 47.3 Å². The van der Waals surface area contributed by atoms with Crippen molar-refractivity contribution in [2.75, 3.05) is 19.7 Å². The number of rotatable bonds is 4. The molecule has 0 radical (unpaired) electrons. The van der Waals surface area contributed by atoms with Crippen LogP contribution in [0.1, 0.15) is 18.6 Å². The van der Waals surface area contributed by atoms with Gasteiger partial charge in [0.25, 0.3) is 0 Å². The predicted molar refractivity (Wildman–Crippen MR) is 85.6 cm³/mol. The molecule has 2 aromatic heterocycles. The number of likely N-dealkylation sites (tertiary alicyclic amines) is 1. The van der Waals surface area contributed by atoms with Crippen LogP contribution in [0, 0.1) is 0 Å². The van der Waals surface area contributed by atoms with Gasteiger partial charge in [-0.1, -0.05) is 0 Å². The molecule has 2 aliphatic heterocycles. The maximum atomic E-state index is 12.4. The highest BCUT2D eigenvalue weighted by atomic mass is 16.6. The standard InChI is InChI=1S/C18H20N2O4/c21-17(9-14-4-2-8-22-14)20-7-5-18(13-20)10-16(12-23-18)24-15-3-1-6-19-11-15/h1-4,6,8,11,16H,5,7,9-10,12-13H2/t16-,18+/m1/s1. The molecule has 4 heterocycles. The Hall–Kier alpha value is -2.34. The summed E-state index contributed by atoms with van der Waals surface area (Å²) in [6, 6.07) is 7.37. The number of ether oxygens (including phenoxy) is 2. The Balaban J connectivity index is 1.33. The normalized spacial score (nSPS) is 26.2. The zero-order valence-corrected chi connectivity index (χ0v) is 13.4. The molecule has 2 atom stereocenters. The first-order valence-corrected chi connectivity index (χ1v) is 8.23. The Bertz CT molecular complexity index is 688. The van der Waals surface area contributed by atoms with E-state index in [1.165, 1.54) is 0 Å². The van der Waals surface area contributed by atoms with Crippen molar-refractivity contribution >= 4 is 5.91 Å². The van der Waals surface area contributed by atoms with E-state index in [1.807, 2.05) is 23.1 Å². The Labute approximate surface area is 140 Å². The first kappa shape index (κ1) is 15.2. The van der Waals surface area contributed by atoms with Crippen LogP contribution in [-0.4, -0.2) is 47.2 Å². The van der Waals surface area contributed by atoms with Crippen molar-refractivity contribution in [1.29, 1.82) is 0 Å². The SMILES string of the molecule is O=C(Cc1ccco1)N1CC[C@]2(C[C@@H](Oc3cccnc3)CO2)C1. The van der Waals surface area contributed by atoms with Crippen molar-refractivity contribution in [3.05, 3.63) is 48.7 Å². The first-order valence-electron chi connectivity index (χ1n) is 8.23. The minimum Gasteiger partial charge on any atom is -0.486 e. The quantitative estimate of drug-likeness (QED) is 0.859. The lowest BCUT2D eigenvalue weighted by Gasteiger charge is -2.23. The van der Waals surface area contributed by atoms with Crippen LogP contribution in [0.3, 0.4) is 0 Å². The van der Waals surface area contributed by atoms with Gasteiger partial charge in [0.1, 0.15) is 17.6 Å². The number of amides is 1. The molecule has 2 saturated heterocycles. The molecule has 126 valence electrons. The zero-order chi connectivity index (χ0) is 16.4. The fourth-order valence-electron chi connectivity index (χ4n) is 3.50. The lowest BCUT2D eigenvalue weighted by Crippen LogP contribution is -2.36. The molecular formula is C18H20N2O4. The van der Waals surface area contributed by atoms with E-state index in [9.17, 15) is 4.79 Å². The summed E-state index contributed by atoms with van der Waals surface area (Å²) in [4.78, 5) is 18.3. The van der Waals surface area contributed by atoms with Crippen LogP contribution in [0.25, 0.3) is 0 Å². The second-order valence-corrected chi connectivity index (χ2v) is 6.45. The minimum atomic E-state index is -0.272. The Kier molecular flexibility index (Phi) is 3.98. The Morgan fingerprint density at radius 2 is 2.38 bits per heavy atom. The van der Waals surface area contributed by atoms with E-state index in [0.717, 1.165) is 25.1 Å². The van der Waals surface area contributed by atoms with E-state index in [-0.39, 0.29) is 17.6 Å². The number of nitrogens with zero attached hydrogens (tertiary/aromatic N) is 2. The molecule has 4 rings (SSSR count). The highest BCUT2D eigenvalue weighted by molar-refractivity contribution is 5.78. The molecule has 1 amide bonds. The van der Waals surface area contributed by atoms with E-state index in [1.54, 1.807) is 24.7 Å². The van der Waals surface area contributed by atoms with Crippen molar-refractivity contribution in [2.24, 2.45) is 0 Å². The van der Waals surface area contributed by atoms with Crippen LogP contribution in [0.5, 0.6) is 5.75 Å². The number of carbonyl (C=O) groups is 1. The topological polar surface area (TPSA) is 64.8 Å². The van der Waals surface area contributed by atoms with Gasteiger partial charge in [0.05, 0.1) is 31.1 Å². The maximum Gasteiger partial charge on any atom is 0.230 e. The second-order valence-electron chi connectivity index (χ2n) is 6.45. The third kappa shape index (κ3) is 3.14. The van der Waals surface area contributed by atoms with Crippen LogP contribution < -0.4 is 4.74 Å². The molecule has 6 heteroatoms. The van der Waals surface area contributed by atoms with Crippen molar-refractivity contribution in [3.63, 3.8) is 0 Å². The molecule has 0 bridgehead atoms. The number of aromatic nitrogens is 1. The van der Waals surface area contributed by atoms with Gasteiger partial charge in [0.2, 0.25) is 5.91 Å². The smallest absolute Gasteiger partial charge is 0.230 e. The van der Waals surface area contributed by atoms with Gasteiger partial charge in [-0.05, 0) is 30.7 Å². The van der Waals surface area contributed by atoms with Gasteiger partial charge < -0.3 is 18.8 Å². The molecule has 2 aliphatic rings. The summed E-state index contributed by atoms with van der Waals surface area (Å²) in [6.07, 6.45) is 6.98. The van der Waals surface area contributed by atoms with Crippen molar-refractivity contribution in [1.82, 2.24) is 9.88 Å². The van der Waals surface area contributed by atoms with Gasteiger partial charge in [-0.15, -0.1) is 0 Å². The molecule has 0 N–H and O–H groups in total. The Morgan fingerprint density at radius 1 is 1.42 bits per heavy atom. The number of furan rings is 1. The van der Waals surface area contributed by atoms with E-state index < -0.39 is 0 Å². The van der Waals surface area contributed by atoms with E-state index >= 15 is 0 Å². The van der Waals surface area contributed by atoms with Gasteiger partial charge in [-0.3, -0.25) is 9.78 Å². The highest BCUT2D eigenvalue weighted by Crippen LogP contribution is 2.36. The van der Waals surface area contributed by atoms with Crippen LogP contribution in [0.4, 0.5) is 0 Å². The lowest BCUT2D eigenvalue weighted by atomic mass is 9.98. The Morgan fingerprint density at radius 3 is 3.17 bits per heavy atom. The average molecular weight is 328 g/mol. The maximum absolute atomic E-state index is 12.4. The average Bonchev–Trinajstić information content (AvgIpc) is 3.32. The number of hydrogen-bond donors (Lipinski definition) is 0. The van der Waals surface area contributed by atoms with Gasteiger partial charge in [-0.25, -0.2) is 0 Å². The predicted octanol–water partition coefficient (Wildman–Crippen LogP) is 2.06. The minimum absolute atomic E-state index is 0.00863. The highest BCUT2D eigenvalue weighted by Gasteiger charge is 2.47. The number of hydrogen-bond acceptors (Lipinski definition) is 5. The molecule has 24 heavy (non-hydrogen) atoms. The van der Waals surface area contributed by atoms with Gasteiger partial charge in [-0.2, -0.15) is 0 Å². The summed E-state index contributed by atoms with van der Waals surface area (Å²) in [5, 5.41) is 0. The van der Waals surface area contributed by atoms with Crippen LogP contribution >= 0.6 is 0 Å². The molecule has 2 aromatic rings. The molecule has 0 aromatic carbocycles. The molecule has 1 spiro atoms. The summed E-state index contributed by atoms with van der Waals surface area (Å²) >= 11 is 0. The van der Waals surface area contributed by atoms with Gasteiger partial charge >= 0.3 is 0 Å².